The van der Waals surface area contributed by atoms with Crippen LogP contribution in [0.2, 0.25) is 0 Å². The topological polar surface area (TPSA) is 60.7 Å². The summed E-state index contributed by atoms with van der Waals surface area (Å²) in [4.78, 5) is 28.0. The number of carbonyl (C=O) groups excluding carboxylic acids is 2. The molecule has 1 aromatic carbocycles. The molecule has 1 aromatic heterocycles. The van der Waals surface area contributed by atoms with Crippen molar-refractivity contribution in [2.75, 3.05) is 6.61 Å². The van der Waals surface area contributed by atoms with Crippen molar-refractivity contribution in [3.8, 4) is 0 Å². The Labute approximate surface area is 134 Å². The lowest BCUT2D eigenvalue weighted by atomic mass is 10.2. The highest BCUT2D eigenvalue weighted by Crippen LogP contribution is 2.15. The smallest absolute Gasteiger partial charge is 0.350 e. The third-order valence-corrected chi connectivity index (χ3v) is 4.36. The largest absolute Gasteiger partial charge is 0.462 e. The molecule has 0 atom stereocenters. The summed E-state index contributed by atoms with van der Waals surface area (Å²) in [5, 5.41) is 0. The maximum absolute atomic E-state index is 13.6. The highest BCUT2D eigenvalue weighted by Gasteiger charge is 2.19. The average molecular weight is 340 g/mol. The molecule has 0 aliphatic rings. The van der Waals surface area contributed by atoms with E-state index in [4.69, 9.17) is 4.74 Å². The maximum Gasteiger partial charge on any atom is 0.350 e. The van der Waals surface area contributed by atoms with Crippen LogP contribution < -0.4 is 4.80 Å². The number of nitrogens with zero attached hydrogens (tertiary/aromatic N) is 2. The fourth-order valence-electron chi connectivity index (χ4n) is 1.86. The number of amides is 1. The predicted molar refractivity (Wildman–Crippen MR) is 80.2 cm³/mol. The standard InChI is InChI=1S/C15H14F2N2O3S/c1-4-22-14(21)12-8(2)19(3)15(23-12)18-13(20)11-9(16)6-5-7-10(11)17/h5-7H,4H2,1-3H3/b18-15+. The first kappa shape index (κ1) is 17.0. The summed E-state index contributed by atoms with van der Waals surface area (Å²) in [7, 11) is 1.60. The van der Waals surface area contributed by atoms with Gasteiger partial charge in [-0.2, -0.15) is 4.99 Å². The molecule has 122 valence electrons. The Balaban J connectivity index is 2.50. The lowest BCUT2D eigenvalue weighted by Crippen LogP contribution is -2.15. The molecule has 0 saturated heterocycles. The molecule has 0 unspecified atom stereocenters. The molecule has 0 aliphatic carbocycles. The fraction of sp³-hybridized carbons (Fsp3) is 0.267. The van der Waals surface area contributed by atoms with Gasteiger partial charge in [-0.25, -0.2) is 13.6 Å². The Kier molecular flexibility index (Phi) is 5.05. The quantitative estimate of drug-likeness (QED) is 0.807. The van der Waals surface area contributed by atoms with Crippen molar-refractivity contribution in [2.45, 2.75) is 13.8 Å². The summed E-state index contributed by atoms with van der Waals surface area (Å²) < 4.78 is 33.6. The molecule has 2 rings (SSSR count). The summed E-state index contributed by atoms with van der Waals surface area (Å²) in [6.45, 7) is 3.55. The Morgan fingerprint density at radius 3 is 2.48 bits per heavy atom. The first-order chi connectivity index (χ1) is 10.9. The van der Waals surface area contributed by atoms with Crippen LogP contribution in [0.25, 0.3) is 0 Å². The highest BCUT2D eigenvalue weighted by atomic mass is 32.1. The summed E-state index contributed by atoms with van der Waals surface area (Å²) >= 11 is 0.925. The molecule has 0 fully saturated rings. The van der Waals surface area contributed by atoms with Gasteiger partial charge in [0.15, 0.2) is 4.80 Å². The van der Waals surface area contributed by atoms with E-state index in [1.807, 2.05) is 0 Å². The number of benzene rings is 1. The van der Waals surface area contributed by atoms with Crippen molar-refractivity contribution in [1.29, 1.82) is 0 Å². The van der Waals surface area contributed by atoms with Crippen LogP contribution in [0.5, 0.6) is 0 Å². The van der Waals surface area contributed by atoms with Crippen LogP contribution in [-0.4, -0.2) is 23.1 Å². The van der Waals surface area contributed by atoms with Gasteiger partial charge in [-0.15, -0.1) is 0 Å². The van der Waals surface area contributed by atoms with E-state index in [9.17, 15) is 18.4 Å². The van der Waals surface area contributed by atoms with Gasteiger partial charge < -0.3 is 9.30 Å². The number of hydrogen-bond acceptors (Lipinski definition) is 4. The molecule has 0 radical (unpaired) electrons. The van der Waals surface area contributed by atoms with Gasteiger partial charge in [-0.1, -0.05) is 17.4 Å². The monoisotopic (exact) mass is 340 g/mol. The van der Waals surface area contributed by atoms with Gasteiger partial charge in [0.25, 0.3) is 5.91 Å². The molecule has 23 heavy (non-hydrogen) atoms. The van der Waals surface area contributed by atoms with E-state index in [1.54, 1.807) is 20.9 Å². The molecule has 2 aromatic rings. The second-order valence-corrected chi connectivity index (χ2v) is 5.57. The summed E-state index contributed by atoms with van der Waals surface area (Å²) in [5.74, 6) is -3.55. The number of rotatable bonds is 3. The molecule has 0 N–H and O–H groups in total. The zero-order valence-corrected chi connectivity index (χ0v) is 13.5. The fourth-order valence-corrected chi connectivity index (χ4v) is 2.87. The van der Waals surface area contributed by atoms with Crippen LogP contribution in [0.3, 0.4) is 0 Å². The molecule has 5 nitrogen and oxygen atoms in total. The number of halogens is 2. The van der Waals surface area contributed by atoms with E-state index in [1.165, 1.54) is 4.57 Å². The van der Waals surface area contributed by atoms with E-state index in [0.29, 0.717) is 5.69 Å². The van der Waals surface area contributed by atoms with E-state index in [0.717, 1.165) is 29.5 Å². The van der Waals surface area contributed by atoms with Crippen molar-refractivity contribution >= 4 is 23.2 Å². The van der Waals surface area contributed by atoms with Crippen LogP contribution in [-0.2, 0) is 11.8 Å². The van der Waals surface area contributed by atoms with Gasteiger partial charge in [0.1, 0.15) is 22.1 Å². The second-order valence-electron chi connectivity index (χ2n) is 4.59. The first-order valence-electron chi connectivity index (χ1n) is 6.73. The highest BCUT2D eigenvalue weighted by molar-refractivity contribution is 7.11. The average Bonchev–Trinajstić information content (AvgIpc) is 2.76. The van der Waals surface area contributed by atoms with E-state index >= 15 is 0 Å². The first-order valence-corrected chi connectivity index (χ1v) is 7.55. The molecular weight excluding hydrogens is 326 g/mol. The molecule has 0 saturated carbocycles. The van der Waals surface area contributed by atoms with Crippen molar-refractivity contribution < 1.29 is 23.1 Å². The van der Waals surface area contributed by atoms with Crippen molar-refractivity contribution in [3.63, 3.8) is 0 Å². The molecule has 0 aliphatic heterocycles. The van der Waals surface area contributed by atoms with E-state index in [2.05, 4.69) is 4.99 Å². The summed E-state index contributed by atoms with van der Waals surface area (Å²) in [6, 6.07) is 3.13. The van der Waals surface area contributed by atoms with Crippen LogP contribution >= 0.6 is 11.3 Å². The number of thiazole rings is 1. The van der Waals surface area contributed by atoms with Crippen molar-refractivity contribution in [3.05, 3.63) is 50.8 Å². The lowest BCUT2D eigenvalue weighted by molar-refractivity contribution is 0.0530. The Morgan fingerprint density at radius 1 is 1.30 bits per heavy atom. The molecule has 1 heterocycles. The van der Waals surface area contributed by atoms with Gasteiger partial charge >= 0.3 is 5.97 Å². The van der Waals surface area contributed by atoms with Crippen LogP contribution in [0.1, 0.15) is 32.6 Å². The minimum Gasteiger partial charge on any atom is -0.462 e. The number of aromatic nitrogens is 1. The number of esters is 1. The molecule has 1 amide bonds. The normalized spacial score (nSPS) is 11.6. The zero-order valence-electron chi connectivity index (χ0n) is 12.7. The summed E-state index contributed by atoms with van der Waals surface area (Å²) in [6.07, 6.45) is 0. The van der Waals surface area contributed by atoms with E-state index < -0.39 is 29.1 Å². The SMILES string of the molecule is CCOC(=O)c1s/c(=N/C(=O)c2c(F)cccc2F)n(C)c1C. The molecule has 0 bridgehead atoms. The summed E-state index contributed by atoms with van der Waals surface area (Å²) in [5.41, 5.74) is -0.176. The number of hydrogen-bond donors (Lipinski definition) is 0. The maximum atomic E-state index is 13.6. The van der Waals surface area contributed by atoms with Crippen LogP contribution in [0.15, 0.2) is 23.2 Å². The minimum atomic E-state index is -1.05. The third kappa shape index (κ3) is 3.37. The second kappa shape index (κ2) is 6.82. The van der Waals surface area contributed by atoms with Crippen molar-refractivity contribution in [1.82, 2.24) is 4.57 Å². The van der Waals surface area contributed by atoms with E-state index in [-0.39, 0.29) is 16.3 Å². The number of carbonyl (C=O) groups is 2. The molecular formula is C15H14F2N2O3S. The van der Waals surface area contributed by atoms with Gasteiger partial charge in [-0.3, -0.25) is 4.79 Å². The van der Waals surface area contributed by atoms with Crippen LogP contribution in [0.4, 0.5) is 8.78 Å². The zero-order chi connectivity index (χ0) is 17.1. The third-order valence-electron chi connectivity index (χ3n) is 3.15. The van der Waals surface area contributed by atoms with Gasteiger partial charge in [-0.05, 0) is 26.0 Å². The molecule has 0 spiro atoms. The van der Waals surface area contributed by atoms with Crippen molar-refractivity contribution in [2.24, 2.45) is 12.0 Å². The lowest BCUT2D eigenvalue weighted by Gasteiger charge is -2.00. The minimum absolute atomic E-state index is 0.151. The van der Waals surface area contributed by atoms with Gasteiger partial charge in [0.05, 0.1) is 6.61 Å². The Bertz CT molecular complexity index is 819. The Hall–Kier alpha value is -2.35. The van der Waals surface area contributed by atoms with Gasteiger partial charge in [0.2, 0.25) is 0 Å². The predicted octanol–water partition coefficient (Wildman–Crippen LogP) is 2.59. The number of ether oxygens (including phenoxy) is 1. The Morgan fingerprint density at radius 2 is 1.91 bits per heavy atom. The van der Waals surface area contributed by atoms with Crippen LogP contribution in [0, 0.1) is 18.6 Å². The van der Waals surface area contributed by atoms with Gasteiger partial charge in [0, 0.05) is 12.7 Å². The molecule has 8 heteroatoms.